The van der Waals surface area contributed by atoms with Gasteiger partial charge in [-0.25, -0.2) is 0 Å². The molecule has 0 saturated heterocycles. The molecule has 0 heterocycles. The summed E-state index contributed by atoms with van der Waals surface area (Å²) in [4.78, 5) is 0. The maximum absolute atomic E-state index is 13.7. The Bertz CT molecular complexity index is 1310. The highest BCUT2D eigenvalue weighted by atomic mass is 19.4. The minimum atomic E-state index is -6.61. The normalized spacial score (nSPS) is 14.6. The number of nitrogen functional groups attached to an aromatic ring is 2. The van der Waals surface area contributed by atoms with Crippen molar-refractivity contribution in [2.75, 3.05) is 11.5 Å². The van der Waals surface area contributed by atoms with E-state index in [1.165, 1.54) is 6.07 Å². The minimum Gasteiger partial charge on any atom is -0.398 e. The molecule has 0 spiro atoms. The second-order valence-electron chi connectivity index (χ2n) is 7.73. The lowest BCUT2D eigenvalue weighted by molar-refractivity contribution is -0.376. The Labute approximate surface area is 191 Å². The average Bonchev–Trinajstić information content (AvgIpc) is 2.70. The number of halogens is 12. The molecule has 3 rings (SSSR count). The highest BCUT2D eigenvalue weighted by Crippen LogP contribution is 2.57. The van der Waals surface area contributed by atoms with Crippen LogP contribution in [0.15, 0.2) is 36.4 Å². The van der Waals surface area contributed by atoms with E-state index in [1.54, 1.807) is 0 Å². The number of alkyl halides is 12. The molecular formula is C20H12F12N2O2. The highest BCUT2D eigenvalue weighted by molar-refractivity contribution is 6.16. The van der Waals surface area contributed by atoms with Crippen LogP contribution in [0.2, 0.25) is 0 Å². The summed E-state index contributed by atoms with van der Waals surface area (Å²) < 4.78 is 163. The molecule has 6 N–H and O–H groups in total. The molecule has 0 saturated carbocycles. The van der Waals surface area contributed by atoms with Gasteiger partial charge in [-0.3, -0.25) is 0 Å². The van der Waals surface area contributed by atoms with Crippen LogP contribution in [0.5, 0.6) is 0 Å². The van der Waals surface area contributed by atoms with E-state index in [9.17, 15) is 62.9 Å². The molecule has 0 aliphatic rings. The minimum absolute atomic E-state index is 0.228. The predicted molar refractivity (Wildman–Crippen MR) is 102 cm³/mol. The summed E-state index contributed by atoms with van der Waals surface area (Å²) in [6.45, 7) is 0. The van der Waals surface area contributed by atoms with E-state index in [1.807, 2.05) is 0 Å². The molecule has 0 atom stereocenters. The van der Waals surface area contributed by atoms with Gasteiger partial charge in [0.05, 0.1) is 0 Å². The summed E-state index contributed by atoms with van der Waals surface area (Å²) in [5.41, 5.74) is -8.32. The van der Waals surface area contributed by atoms with Crippen molar-refractivity contribution >= 4 is 32.9 Å². The fraction of sp³-hybridized carbons (Fsp3) is 0.300. The summed E-state index contributed by atoms with van der Waals surface area (Å²) in [7, 11) is 0. The van der Waals surface area contributed by atoms with Crippen molar-refractivity contribution in [2.24, 2.45) is 0 Å². The Morgan fingerprint density at radius 1 is 0.528 bits per heavy atom. The Morgan fingerprint density at radius 2 is 0.944 bits per heavy atom. The lowest BCUT2D eigenvalue weighted by Gasteiger charge is -2.36. The SMILES string of the molecule is Nc1cc2c(cc1C(O)(C(F)(F)F)C(F)(F)F)c(C(O)(C(F)(F)F)C(F)(F)F)c(N)c1ccccc12. The summed E-state index contributed by atoms with van der Waals surface area (Å²) in [5.74, 6) is 0. The lowest BCUT2D eigenvalue weighted by Crippen LogP contribution is -2.55. The van der Waals surface area contributed by atoms with E-state index in [0.29, 0.717) is 0 Å². The van der Waals surface area contributed by atoms with Crippen molar-refractivity contribution in [3.63, 3.8) is 0 Å². The Kier molecular flexibility index (Phi) is 5.85. The summed E-state index contributed by atoms with van der Waals surface area (Å²) in [5, 5.41) is 16.4. The maximum Gasteiger partial charge on any atom is 0.430 e. The van der Waals surface area contributed by atoms with E-state index in [4.69, 9.17) is 11.5 Å². The fourth-order valence-corrected chi connectivity index (χ4v) is 3.89. The first kappa shape index (κ1) is 27.4. The van der Waals surface area contributed by atoms with Gasteiger partial charge in [-0.1, -0.05) is 24.3 Å². The van der Waals surface area contributed by atoms with Gasteiger partial charge in [-0.2, -0.15) is 52.7 Å². The molecule has 0 amide bonds. The number of rotatable bonds is 2. The zero-order valence-corrected chi connectivity index (χ0v) is 17.0. The molecule has 3 aromatic rings. The van der Waals surface area contributed by atoms with Crippen LogP contribution in [0.1, 0.15) is 11.1 Å². The summed E-state index contributed by atoms with van der Waals surface area (Å²) in [6, 6.07) is 4.03. The van der Waals surface area contributed by atoms with Crippen molar-refractivity contribution in [1.82, 2.24) is 0 Å². The van der Waals surface area contributed by atoms with Gasteiger partial charge in [0.2, 0.25) is 0 Å². The topological polar surface area (TPSA) is 92.5 Å². The van der Waals surface area contributed by atoms with Crippen molar-refractivity contribution in [1.29, 1.82) is 0 Å². The Balaban J connectivity index is 2.72. The van der Waals surface area contributed by atoms with Crippen LogP contribution in [0, 0.1) is 0 Å². The van der Waals surface area contributed by atoms with Crippen molar-refractivity contribution in [2.45, 2.75) is 35.9 Å². The van der Waals surface area contributed by atoms with Crippen LogP contribution in [0.25, 0.3) is 21.5 Å². The molecule has 0 fully saturated rings. The Hall–Kier alpha value is -3.14. The first-order valence-electron chi connectivity index (χ1n) is 9.27. The molecule has 0 bridgehead atoms. The second-order valence-corrected chi connectivity index (χ2v) is 7.73. The van der Waals surface area contributed by atoms with Crippen molar-refractivity contribution in [3.05, 3.63) is 47.5 Å². The fourth-order valence-electron chi connectivity index (χ4n) is 3.89. The van der Waals surface area contributed by atoms with Crippen LogP contribution in [-0.2, 0) is 11.2 Å². The third-order valence-corrected chi connectivity index (χ3v) is 5.63. The molecule has 0 radical (unpaired) electrons. The second kappa shape index (κ2) is 7.68. The number of hydrogen-bond donors (Lipinski definition) is 4. The lowest BCUT2D eigenvalue weighted by atomic mass is 9.81. The van der Waals surface area contributed by atoms with Gasteiger partial charge >= 0.3 is 24.7 Å². The molecule has 0 unspecified atom stereocenters. The monoisotopic (exact) mass is 540 g/mol. The zero-order valence-electron chi connectivity index (χ0n) is 17.0. The standard InChI is InChI=1S/C20H12F12N2O2/c21-17(22,23)15(35,18(24,25)26)11-5-10-9(6-12(11)33)7-3-1-2-4-8(7)14(34)13(10)16(36,19(27,28)29)20(30,31)32/h1-6,35-36H,33-34H2. The molecule has 0 aliphatic heterocycles. The number of anilines is 2. The van der Waals surface area contributed by atoms with Crippen LogP contribution >= 0.6 is 0 Å². The number of benzene rings is 3. The first-order valence-corrected chi connectivity index (χ1v) is 9.27. The molecule has 0 aromatic heterocycles. The molecular weight excluding hydrogens is 528 g/mol. The van der Waals surface area contributed by atoms with Crippen molar-refractivity contribution < 1.29 is 62.9 Å². The van der Waals surface area contributed by atoms with Crippen LogP contribution in [-0.4, -0.2) is 34.9 Å². The van der Waals surface area contributed by atoms with Gasteiger partial charge in [0.15, 0.2) is 0 Å². The van der Waals surface area contributed by atoms with E-state index in [-0.39, 0.29) is 11.5 Å². The smallest absolute Gasteiger partial charge is 0.398 e. The van der Waals surface area contributed by atoms with Gasteiger partial charge in [-0.05, 0) is 28.3 Å². The Morgan fingerprint density at radius 3 is 1.36 bits per heavy atom. The molecule has 0 aliphatic carbocycles. The van der Waals surface area contributed by atoms with Gasteiger partial charge < -0.3 is 21.7 Å². The molecule has 198 valence electrons. The molecule has 3 aromatic carbocycles. The highest BCUT2D eigenvalue weighted by Gasteiger charge is 2.74. The summed E-state index contributed by atoms with van der Waals surface area (Å²) in [6.07, 6.45) is -26.4. The number of aliphatic hydroxyl groups is 2. The third kappa shape index (κ3) is 3.56. The first-order chi connectivity index (χ1) is 16.0. The molecule has 16 heteroatoms. The number of hydrogen-bond acceptors (Lipinski definition) is 4. The quantitative estimate of drug-likeness (QED) is 0.188. The molecule has 36 heavy (non-hydrogen) atoms. The summed E-state index contributed by atoms with van der Waals surface area (Å²) >= 11 is 0. The van der Waals surface area contributed by atoms with Gasteiger partial charge in [0.25, 0.3) is 11.2 Å². The zero-order chi connectivity index (χ0) is 27.9. The van der Waals surface area contributed by atoms with Gasteiger partial charge in [0, 0.05) is 27.9 Å². The van der Waals surface area contributed by atoms with Crippen LogP contribution < -0.4 is 11.5 Å². The number of fused-ring (bicyclic) bond motifs is 3. The largest absolute Gasteiger partial charge is 0.430 e. The van der Waals surface area contributed by atoms with E-state index in [0.717, 1.165) is 18.2 Å². The van der Waals surface area contributed by atoms with Crippen LogP contribution in [0.3, 0.4) is 0 Å². The number of nitrogens with two attached hydrogens (primary N) is 2. The maximum atomic E-state index is 13.7. The average molecular weight is 540 g/mol. The van der Waals surface area contributed by atoms with Crippen LogP contribution in [0.4, 0.5) is 64.1 Å². The van der Waals surface area contributed by atoms with E-state index in [2.05, 4.69) is 0 Å². The van der Waals surface area contributed by atoms with Crippen molar-refractivity contribution in [3.8, 4) is 0 Å². The van der Waals surface area contributed by atoms with Gasteiger partial charge in [0.1, 0.15) is 0 Å². The van der Waals surface area contributed by atoms with Gasteiger partial charge in [-0.15, -0.1) is 0 Å². The molecule has 4 nitrogen and oxygen atoms in total. The predicted octanol–water partition coefficient (Wildman–Crippen LogP) is 5.78. The van der Waals surface area contributed by atoms with E-state index >= 15 is 0 Å². The third-order valence-electron chi connectivity index (χ3n) is 5.63. The van der Waals surface area contributed by atoms with E-state index < -0.39 is 80.6 Å².